The Bertz CT molecular complexity index is 1180. The molecule has 0 radical (unpaired) electrons. The van der Waals surface area contributed by atoms with Gasteiger partial charge in [-0.25, -0.2) is 14.4 Å². The number of fused-ring (bicyclic) bond motifs is 1. The van der Waals surface area contributed by atoms with E-state index in [1.54, 1.807) is 14.0 Å². The minimum atomic E-state index is -0.439. The summed E-state index contributed by atoms with van der Waals surface area (Å²) >= 11 is 1.38. The Morgan fingerprint density at radius 1 is 1.14 bits per heavy atom. The van der Waals surface area contributed by atoms with Gasteiger partial charge in [0.2, 0.25) is 0 Å². The van der Waals surface area contributed by atoms with Crippen LogP contribution in [-0.4, -0.2) is 27.4 Å². The maximum atomic E-state index is 13.6. The van der Waals surface area contributed by atoms with Gasteiger partial charge in [0.05, 0.1) is 18.5 Å². The molecule has 28 heavy (non-hydrogen) atoms. The lowest BCUT2D eigenvalue weighted by Crippen LogP contribution is -2.15. The molecular formula is C20H17FN4O2S. The van der Waals surface area contributed by atoms with Crippen molar-refractivity contribution in [2.75, 3.05) is 12.4 Å². The van der Waals surface area contributed by atoms with Gasteiger partial charge in [0.25, 0.3) is 5.91 Å². The molecule has 0 atom stereocenters. The Morgan fingerprint density at radius 2 is 1.89 bits per heavy atom. The van der Waals surface area contributed by atoms with Crippen LogP contribution in [0.4, 0.5) is 9.52 Å². The Kier molecular flexibility index (Phi) is 4.56. The lowest BCUT2D eigenvalue weighted by Gasteiger charge is -2.03. The van der Waals surface area contributed by atoms with Crippen molar-refractivity contribution in [3.05, 3.63) is 64.7 Å². The number of anilines is 1. The average molecular weight is 396 g/mol. The molecule has 0 aliphatic rings. The predicted molar refractivity (Wildman–Crippen MR) is 107 cm³/mol. The number of aromatic nitrogens is 3. The second-order valence-corrected chi connectivity index (χ2v) is 7.43. The molecule has 142 valence electrons. The number of hydrogen-bond donors (Lipinski definition) is 1. The van der Waals surface area contributed by atoms with Crippen LogP contribution in [0.1, 0.15) is 21.1 Å². The minimum Gasteiger partial charge on any atom is -0.497 e. The highest BCUT2D eigenvalue weighted by atomic mass is 32.1. The molecule has 6 nitrogen and oxygen atoms in total. The van der Waals surface area contributed by atoms with Gasteiger partial charge in [0.15, 0.2) is 5.13 Å². The molecule has 0 spiro atoms. The average Bonchev–Trinajstić information content (AvgIpc) is 3.20. The smallest absolute Gasteiger partial charge is 0.276 e. The molecule has 4 aromatic rings. The summed E-state index contributed by atoms with van der Waals surface area (Å²) in [4.78, 5) is 22.7. The number of halogens is 1. The van der Waals surface area contributed by atoms with E-state index in [0.717, 1.165) is 21.9 Å². The van der Waals surface area contributed by atoms with Crippen molar-refractivity contribution in [2.45, 2.75) is 13.8 Å². The quantitative estimate of drug-likeness (QED) is 0.552. The summed E-state index contributed by atoms with van der Waals surface area (Å²) in [5.74, 6) is -0.0584. The Balaban J connectivity index is 1.64. The third-order valence-corrected chi connectivity index (χ3v) is 5.24. The van der Waals surface area contributed by atoms with Crippen LogP contribution in [0.2, 0.25) is 0 Å². The van der Waals surface area contributed by atoms with Gasteiger partial charge in [0, 0.05) is 16.6 Å². The summed E-state index contributed by atoms with van der Waals surface area (Å²) in [5, 5.41) is 3.28. The summed E-state index contributed by atoms with van der Waals surface area (Å²) in [6.45, 7) is 3.66. The zero-order valence-electron chi connectivity index (χ0n) is 15.5. The largest absolute Gasteiger partial charge is 0.497 e. The van der Waals surface area contributed by atoms with Gasteiger partial charge >= 0.3 is 0 Å². The van der Waals surface area contributed by atoms with Crippen molar-refractivity contribution in [2.24, 2.45) is 0 Å². The highest BCUT2D eigenvalue weighted by Gasteiger charge is 2.19. The van der Waals surface area contributed by atoms with Gasteiger partial charge in [0.1, 0.15) is 22.9 Å². The number of carbonyl (C=O) groups is 1. The summed E-state index contributed by atoms with van der Waals surface area (Å²) in [6.07, 6.45) is 1.25. The van der Waals surface area contributed by atoms with Crippen molar-refractivity contribution in [3.8, 4) is 17.0 Å². The molecular weight excluding hydrogens is 379 g/mol. The number of hydrogen-bond acceptors (Lipinski definition) is 5. The van der Waals surface area contributed by atoms with E-state index in [0.29, 0.717) is 16.5 Å². The first-order valence-corrected chi connectivity index (χ1v) is 9.35. The summed E-state index contributed by atoms with van der Waals surface area (Å²) in [6, 6.07) is 10.4. The third-order valence-electron chi connectivity index (χ3n) is 4.35. The molecule has 0 saturated heterocycles. The number of carbonyl (C=O) groups excluding carboxylic acids is 1. The van der Waals surface area contributed by atoms with Crippen LogP contribution in [0, 0.1) is 19.7 Å². The zero-order chi connectivity index (χ0) is 19.8. The fraction of sp³-hybridized carbons (Fsp3) is 0.150. The van der Waals surface area contributed by atoms with Gasteiger partial charge < -0.3 is 4.74 Å². The van der Waals surface area contributed by atoms with Crippen molar-refractivity contribution >= 4 is 28.0 Å². The van der Waals surface area contributed by atoms with Crippen molar-refractivity contribution in [3.63, 3.8) is 0 Å². The number of nitrogens with zero attached hydrogens (tertiary/aromatic N) is 3. The molecule has 0 fully saturated rings. The van der Waals surface area contributed by atoms with Crippen LogP contribution < -0.4 is 10.1 Å². The van der Waals surface area contributed by atoms with E-state index < -0.39 is 5.82 Å². The first kappa shape index (κ1) is 18.1. The number of pyridine rings is 1. The van der Waals surface area contributed by atoms with Gasteiger partial charge in [-0.2, -0.15) is 0 Å². The SMILES string of the molecule is COc1ccc(-c2nc(NC(=O)c3c(C)nc4ccc(F)cn34)sc2C)cc1. The standard InChI is InChI=1S/C20H17FN4O2S/c1-11-18(25-10-14(21)6-9-16(25)22-11)19(26)24-20-23-17(12(2)28-20)13-4-7-15(27-3)8-5-13/h4-10H,1-3H3,(H,23,24,26). The van der Waals surface area contributed by atoms with E-state index in [9.17, 15) is 9.18 Å². The van der Waals surface area contributed by atoms with Crippen LogP contribution in [0.3, 0.4) is 0 Å². The Hall–Kier alpha value is -3.26. The van der Waals surface area contributed by atoms with E-state index >= 15 is 0 Å². The molecule has 0 unspecified atom stereocenters. The van der Waals surface area contributed by atoms with Gasteiger partial charge in [-0.1, -0.05) is 0 Å². The maximum absolute atomic E-state index is 13.6. The molecule has 0 aliphatic heterocycles. The predicted octanol–water partition coefficient (Wildman–Crippen LogP) is 4.47. The van der Waals surface area contributed by atoms with Crippen molar-refractivity contribution in [1.82, 2.24) is 14.4 Å². The molecule has 0 aliphatic carbocycles. The number of rotatable bonds is 4. The second kappa shape index (κ2) is 7.05. The molecule has 1 aromatic carbocycles. The highest BCUT2D eigenvalue weighted by molar-refractivity contribution is 7.16. The number of ether oxygens (including phenoxy) is 1. The molecule has 1 N–H and O–H groups in total. The lowest BCUT2D eigenvalue weighted by molar-refractivity contribution is 0.102. The summed E-state index contributed by atoms with van der Waals surface area (Å²) in [7, 11) is 1.62. The molecule has 0 saturated carbocycles. The molecule has 8 heteroatoms. The number of imidazole rings is 1. The zero-order valence-corrected chi connectivity index (χ0v) is 16.3. The number of nitrogens with one attached hydrogen (secondary N) is 1. The van der Waals surface area contributed by atoms with E-state index in [1.807, 2.05) is 31.2 Å². The molecule has 3 heterocycles. The molecule has 3 aromatic heterocycles. The van der Waals surface area contributed by atoms with Crippen LogP contribution in [0.5, 0.6) is 5.75 Å². The summed E-state index contributed by atoms with van der Waals surface area (Å²) < 4.78 is 20.2. The number of amides is 1. The lowest BCUT2D eigenvalue weighted by atomic mass is 10.1. The number of methoxy groups -OCH3 is 1. The number of benzene rings is 1. The Labute approximate surface area is 164 Å². The van der Waals surface area contributed by atoms with E-state index in [4.69, 9.17) is 4.74 Å². The minimum absolute atomic E-state index is 0.286. The molecule has 0 bridgehead atoms. The topological polar surface area (TPSA) is 68.5 Å². The fourth-order valence-electron chi connectivity index (χ4n) is 3.03. The summed E-state index contributed by atoms with van der Waals surface area (Å²) in [5.41, 5.74) is 3.05. The first-order valence-electron chi connectivity index (χ1n) is 8.53. The van der Waals surface area contributed by atoms with E-state index in [2.05, 4.69) is 15.3 Å². The van der Waals surface area contributed by atoms with Gasteiger partial charge in [-0.05, 0) is 50.2 Å². The Morgan fingerprint density at radius 3 is 2.61 bits per heavy atom. The molecule has 4 rings (SSSR count). The van der Waals surface area contributed by atoms with Crippen molar-refractivity contribution in [1.29, 1.82) is 0 Å². The van der Waals surface area contributed by atoms with Crippen LogP contribution >= 0.6 is 11.3 Å². The first-order chi connectivity index (χ1) is 13.5. The highest BCUT2D eigenvalue weighted by Crippen LogP contribution is 2.31. The molecule has 1 amide bonds. The van der Waals surface area contributed by atoms with E-state index in [-0.39, 0.29) is 11.6 Å². The second-order valence-electron chi connectivity index (χ2n) is 6.23. The van der Waals surface area contributed by atoms with Crippen LogP contribution in [0.25, 0.3) is 16.9 Å². The maximum Gasteiger partial charge on any atom is 0.276 e. The van der Waals surface area contributed by atoms with Crippen molar-refractivity contribution < 1.29 is 13.9 Å². The fourth-order valence-corrected chi connectivity index (χ4v) is 3.86. The third kappa shape index (κ3) is 3.22. The van der Waals surface area contributed by atoms with Crippen LogP contribution in [0.15, 0.2) is 42.6 Å². The van der Waals surface area contributed by atoms with Gasteiger partial charge in [-0.15, -0.1) is 11.3 Å². The van der Waals surface area contributed by atoms with E-state index in [1.165, 1.54) is 34.1 Å². The number of aryl methyl sites for hydroxylation is 2. The monoisotopic (exact) mass is 396 g/mol. The van der Waals surface area contributed by atoms with Gasteiger partial charge in [-0.3, -0.25) is 14.5 Å². The number of thiazole rings is 1. The normalized spacial score (nSPS) is 11.0. The van der Waals surface area contributed by atoms with Crippen LogP contribution in [-0.2, 0) is 0 Å².